The highest BCUT2D eigenvalue weighted by molar-refractivity contribution is 8.25. The monoisotopic (exact) mass is 176 g/mol. The fourth-order valence-corrected chi connectivity index (χ4v) is 2.16. The Morgan fingerprint density at radius 2 is 2.70 bits per heavy atom. The molecule has 56 valence electrons. The van der Waals surface area contributed by atoms with E-state index in [1.807, 2.05) is 6.08 Å². The van der Waals surface area contributed by atoms with Crippen molar-refractivity contribution in [2.75, 3.05) is 5.75 Å². The highest BCUT2D eigenvalue weighted by Gasteiger charge is 2.20. The smallest absolute Gasteiger partial charge is 0.280 e. The minimum absolute atomic E-state index is 0.0124. The zero-order valence-electron chi connectivity index (χ0n) is 5.29. The molecule has 1 fully saturated rings. The number of hydrogen-bond acceptors (Lipinski definition) is 4. The van der Waals surface area contributed by atoms with Crippen molar-refractivity contribution in [3.8, 4) is 0 Å². The molecule has 0 bridgehead atoms. The van der Waals surface area contributed by atoms with Crippen molar-refractivity contribution < 1.29 is 4.79 Å². The van der Waals surface area contributed by atoms with Crippen molar-refractivity contribution in [1.82, 2.24) is 10.9 Å². The summed E-state index contributed by atoms with van der Waals surface area (Å²) in [6.07, 6.45) is 1.82. The van der Waals surface area contributed by atoms with Gasteiger partial charge in [0.2, 0.25) is 0 Å². The average molecular weight is 176 g/mol. The summed E-state index contributed by atoms with van der Waals surface area (Å²) in [7, 11) is 0. The quantitative estimate of drug-likeness (QED) is 0.633. The molecule has 3 nitrogen and oxygen atoms in total. The van der Waals surface area contributed by atoms with Crippen LogP contribution in [0.2, 0.25) is 0 Å². The molecule has 0 radical (unpaired) electrons. The van der Waals surface area contributed by atoms with Crippen LogP contribution in [0.5, 0.6) is 0 Å². The lowest BCUT2D eigenvalue weighted by Crippen LogP contribution is -2.29. The van der Waals surface area contributed by atoms with Crippen LogP contribution >= 0.6 is 23.5 Å². The maximum Gasteiger partial charge on any atom is 0.295 e. The van der Waals surface area contributed by atoms with E-state index >= 15 is 0 Å². The van der Waals surface area contributed by atoms with Gasteiger partial charge in [0.15, 0.2) is 0 Å². The van der Waals surface area contributed by atoms with E-state index in [9.17, 15) is 4.79 Å². The first kappa shape index (κ1) is 7.97. The Morgan fingerprint density at radius 1 is 1.90 bits per heavy atom. The summed E-state index contributed by atoms with van der Waals surface area (Å²) in [5.41, 5.74) is 5.32. The lowest BCUT2D eigenvalue weighted by Gasteiger charge is -2.02. The first-order valence-electron chi connectivity index (χ1n) is 2.77. The van der Waals surface area contributed by atoms with Crippen LogP contribution in [0.15, 0.2) is 12.7 Å². The summed E-state index contributed by atoms with van der Waals surface area (Å²) in [6.45, 7) is 3.58. The number of rotatable bonds is 3. The standard InChI is InChI=1S/C5H8N2OS2/c1-2-3-9-5-7-6-4(8)10-5/h2,5,7H,1,3H2,(H,6,8). The molecule has 2 N–H and O–H groups in total. The Morgan fingerprint density at radius 3 is 3.20 bits per heavy atom. The summed E-state index contributed by atoms with van der Waals surface area (Å²) in [5.74, 6) is 0.861. The van der Waals surface area contributed by atoms with Crippen LogP contribution in [0.3, 0.4) is 0 Å². The number of amides is 1. The number of thioether (sulfide) groups is 2. The second-order valence-electron chi connectivity index (χ2n) is 1.63. The largest absolute Gasteiger partial charge is 0.295 e. The van der Waals surface area contributed by atoms with Gasteiger partial charge in [0.25, 0.3) is 5.24 Å². The normalized spacial score (nSPS) is 24.4. The summed E-state index contributed by atoms with van der Waals surface area (Å²) in [5, 5.41) is -0.0124. The average Bonchev–Trinajstić information content (AvgIpc) is 2.31. The zero-order chi connectivity index (χ0) is 7.40. The van der Waals surface area contributed by atoms with Crippen molar-refractivity contribution in [3.05, 3.63) is 12.7 Å². The number of hydrogen-bond donors (Lipinski definition) is 2. The Balaban J connectivity index is 2.18. The summed E-state index contributed by atoms with van der Waals surface area (Å²) in [4.78, 5) is 10.6. The maximum atomic E-state index is 10.6. The molecule has 10 heavy (non-hydrogen) atoms. The fraction of sp³-hybridized carbons (Fsp3) is 0.400. The molecule has 1 rings (SSSR count). The van der Waals surface area contributed by atoms with E-state index in [2.05, 4.69) is 17.4 Å². The van der Waals surface area contributed by atoms with Crippen molar-refractivity contribution in [3.63, 3.8) is 0 Å². The highest BCUT2D eigenvalue weighted by atomic mass is 32.2. The van der Waals surface area contributed by atoms with E-state index in [0.29, 0.717) is 0 Å². The molecule has 0 saturated carbocycles. The van der Waals surface area contributed by atoms with E-state index in [0.717, 1.165) is 5.75 Å². The van der Waals surface area contributed by atoms with Crippen molar-refractivity contribution >= 4 is 28.8 Å². The van der Waals surface area contributed by atoms with E-state index in [1.165, 1.54) is 11.8 Å². The van der Waals surface area contributed by atoms with Gasteiger partial charge in [0.1, 0.15) is 4.71 Å². The molecule has 1 heterocycles. The molecule has 0 aliphatic carbocycles. The van der Waals surface area contributed by atoms with Crippen LogP contribution in [0.1, 0.15) is 0 Å². The molecular weight excluding hydrogens is 168 g/mol. The van der Waals surface area contributed by atoms with Gasteiger partial charge in [-0.25, -0.2) is 5.43 Å². The number of carbonyl (C=O) groups excluding carboxylic acids is 1. The van der Waals surface area contributed by atoms with Crippen molar-refractivity contribution in [1.29, 1.82) is 0 Å². The Kier molecular flexibility index (Phi) is 3.11. The molecule has 0 aromatic carbocycles. The Bertz CT molecular complexity index is 151. The van der Waals surface area contributed by atoms with Gasteiger partial charge in [-0.1, -0.05) is 6.08 Å². The molecule has 0 aromatic rings. The van der Waals surface area contributed by atoms with E-state index in [1.54, 1.807) is 11.8 Å². The second-order valence-corrected chi connectivity index (χ2v) is 4.14. The zero-order valence-corrected chi connectivity index (χ0v) is 6.93. The topological polar surface area (TPSA) is 41.1 Å². The molecule has 0 aromatic heterocycles. The van der Waals surface area contributed by atoms with E-state index in [4.69, 9.17) is 0 Å². The number of nitrogens with one attached hydrogen (secondary N) is 2. The molecule has 1 amide bonds. The second kappa shape index (κ2) is 3.90. The number of hydrazine groups is 1. The van der Waals surface area contributed by atoms with Gasteiger partial charge in [0.05, 0.1) is 0 Å². The van der Waals surface area contributed by atoms with Crippen LogP contribution in [0, 0.1) is 0 Å². The van der Waals surface area contributed by atoms with Gasteiger partial charge in [-0.2, -0.15) is 0 Å². The molecule has 0 spiro atoms. The minimum Gasteiger partial charge on any atom is -0.280 e. The third kappa shape index (κ3) is 2.24. The van der Waals surface area contributed by atoms with Crippen molar-refractivity contribution in [2.24, 2.45) is 0 Å². The maximum absolute atomic E-state index is 10.6. The van der Waals surface area contributed by atoms with Crippen LogP contribution in [0.25, 0.3) is 0 Å². The van der Waals surface area contributed by atoms with Crippen LogP contribution in [-0.2, 0) is 0 Å². The van der Waals surface area contributed by atoms with Gasteiger partial charge in [-0.3, -0.25) is 10.2 Å². The molecule has 5 heteroatoms. The summed E-state index contributed by atoms with van der Waals surface area (Å²) in [6, 6.07) is 0. The van der Waals surface area contributed by atoms with Crippen LogP contribution in [0.4, 0.5) is 4.79 Å². The first-order valence-corrected chi connectivity index (χ1v) is 4.70. The fourth-order valence-electron chi connectivity index (χ4n) is 0.505. The molecule has 1 aliphatic heterocycles. The molecule has 1 aliphatic rings. The van der Waals surface area contributed by atoms with Gasteiger partial charge < -0.3 is 0 Å². The lowest BCUT2D eigenvalue weighted by atomic mass is 10.8. The van der Waals surface area contributed by atoms with Crippen LogP contribution in [-0.4, -0.2) is 15.7 Å². The van der Waals surface area contributed by atoms with Gasteiger partial charge in [0, 0.05) is 5.75 Å². The predicted molar refractivity (Wildman–Crippen MR) is 45.7 cm³/mol. The third-order valence-electron chi connectivity index (χ3n) is 0.872. The van der Waals surface area contributed by atoms with Gasteiger partial charge in [-0.15, -0.1) is 18.3 Å². The molecular formula is C5H8N2OS2. The van der Waals surface area contributed by atoms with E-state index in [-0.39, 0.29) is 9.95 Å². The summed E-state index contributed by atoms with van der Waals surface area (Å²) >= 11 is 2.90. The van der Waals surface area contributed by atoms with Crippen molar-refractivity contribution in [2.45, 2.75) is 4.71 Å². The van der Waals surface area contributed by atoms with Crippen LogP contribution < -0.4 is 10.9 Å². The molecule has 1 atom stereocenters. The summed E-state index contributed by atoms with van der Waals surface area (Å²) < 4.78 is 0.144. The SMILES string of the molecule is C=CCSC1NNC(=O)S1. The van der Waals surface area contributed by atoms with E-state index < -0.39 is 0 Å². The molecule has 1 saturated heterocycles. The predicted octanol–water partition coefficient (Wildman–Crippen LogP) is 1.15. The Hall–Kier alpha value is -0.130. The van der Waals surface area contributed by atoms with Gasteiger partial charge >= 0.3 is 0 Å². The molecule has 1 unspecified atom stereocenters. The minimum atomic E-state index is -0.0124. The lowest BCUT2D eigenvalue weighted by molar-refractivity contribution is 0.259. The first-order chi connectivity index (χ1) is 4.83. The number of carbonyl (C=O) groups is 1. The highest BCUT2D eigenvalue weighted by Crippen LogP contribution is 2.24. The third-order valence-corrected chi connectivity index (χ3v) is 3.07. The van der Waals surface area contributed by atoms with Gasteiger partial charge in [-0.05, 0) is 11.8 Å². The Labute approximate surface area is 68.0 Å².